The summed E-state index contributed by atoms with van der Waals surface area (Å²) in [6.45, 7) is 4.78. The molecule has 1 aromatic carbocycles. The van der Waals surface area contributed by atoms with Gasteiger partial charge in [-0.05, 0) is 26.0 Å². The molecule has 0 radical (unpaired) electrons. The molecule has 2 rings (SSSR count). The van der Waals surface area contributed by atoms with E-state index in [0.29, 0.717) is 18.8 Å². The predicted molar refractivity (Wildman–Crippen MR) is 60.8 cm³/mol. The highest BCUT2D eigenvalue weighted by Crippen LogP contribution is 2.28. The van der Waals surface area contributed by atoms with E-state index in [1.165, 1.54) is 6.07 Å². The van der Waals surface area contributed by atoms with Crippen LogP contribution in [0.4, 0.5) is 10.1 Å². The molecule has 0 aromatic heterocycles. The SMILES string of the molecule is CC1(C)C(=O)NCCN1c1ccccc1F. The molecule has 1 amide bonds. The van der Waals surface area contributed by atoms with Crippen LogP contribution in [-0.4, -0.2) is 24.5 Å². The number of rotatable bonds is 1. The van der Waals surface area contributed by atoms with Gasteiger partial charge in [0.25, 0.3) is 0 Å². The zero-order valence-corrected chi connectivity index (χ0v) is 9.46. The summed E-state index contributed by atoms with van der Waals surface area (Å²) >= 11 is 0. The van der Waals surface area contributed by atoms with E-state index in [1.54, 1.807) is 36.9 Å². The summed E-state index contributed by atoms with van der Waals surface area (Å²) in [6.07, 6.45) is 0. The third-order valence-corrected chi connectivity index (χ3v) is 2.99. The van der Waals surface area contributed by atoms with Crippen molar-refractivity contribution in [2.75, 3.05) is 18.0 Å². The number of anilines is 1. The van der Waals surface area contributed by atoms with Gasteiger partial charge in [0.15, 0.2) is 0 Å². The Morgan fingerprint density at radius 2 is 2.06 bits per heavy atom. The quantitative estimate of drug-likeness (QED) is 0.781. The third-order valence-electron chi connectivity index (χ3n) is 2.99. The van der Waals surface area contributed by atoms with E-state index in [0.717, 1.165) is 0 Å². The molecule has 3 nitrogen and oxygen atoms in total. The van der Waals surface area contributed by atoms with Crippen LogP contribution in [0.5, 0.6) is 0 Å². The molecule has 1 aromatic rings. The first-order valence-electron chi connectivity index (χ1n) is 5.34. The number of nitrogens with zero attached hydrogens (tertiary/aromatic N) is 1. The number of nitrogens with one attached hydrogen (secondary N) is 1. The van der Waals surface area contributed by atoms with E-state index in [4.69, 9.17) is 0 Å². The maximum atomic E-state index is 13.7. The van der Waals surface area contributed by atoms with Crippen molar-refractivity contribution < 1.29 is 9.18 Å². The average Bonchev–Trinajstić information content (AvgIpc) is 2.24. The molecular weight excluding hydrogens is 207 g/mol. The lowest BCUT2D eigenvalue weighted by Crippen LogP contribution is -2.62. The molecule has 1 aliphatic rings. The highest BCUT2D eigenvalue weighted by molar-refractivity contribution is 5.90. The normalized spacial score (nSPS) is 19.4. The second-order valence-electron chi connectivity index (χ2n) is 4.42. The summed E-state index contributed by atoms with van der Waals surface area (Å²) in [5, 5.41) is 2.79. The van der Waals surface area contributed by atoms with Crippen LogP contribution in [-0.2, 0) is 4.79 Å². The van der Waals surface area contributed by atoms with Crippen molar-refractivity contribution in [1.82, 2.24) is 5.32 Å². The molecule has 1 saturated heterocycles. The van der Waals surface area contributed by atoms with Crippen LogP contribution >= 0.6 is 0 Å². The van der Waals surface area contributed by atoms with Gasteiger partial charge in [-0.1, -0.05) is 12.1 Å². The Morgan fingerprint density at radius 1 is 1.38 bits per heavy atom. The molecule has 0 unspecified atom stereocenters. The Labute approximate surface area is 94.3 Å². The van der Waals surface area contributed by atoms with Crippen molar-refractivity contribution in [3.63, 3.8) is 0 Å². The monoisotopic (exact) mass is 222 g/mol. The Morgan fingerprint density at radius 3 is 2.75 bits per heavy atom. The van der Waals surface area contributed by atoms with Crippen LogP contribution in [0, 0.1) is 5.82 Å². The van der Waals surface area contributed by atoms with Gasteiger partial charge in [0.05, 0.1) is 5.69 Å². The molecule has 0 atom stereocenters. The second kappa shape index (κ2) is 3.77. The van der Waals surface area contributed by atoms with E-state index >= 15 is 0 Å². The number of hydrogen-bond acceptors (Lipinski definition) is 2. The van der Waals surface area contributed by atoms with Gasteiger partial charge in [-0.3, -0.25) is 4.79 Å². The minimum atomic E-state index is -0.708. The van der Waals surface area contributed by atoms with Crippen LogP contribution in [0.15, 0.2) is 24.3 Å². The van der Waals surface area contributed by atoms with Crippen molar-refractivity contribution >= 4 is 11.6 Å². The minimum absolute atomic E-state index is 0.0676. The van der Waals surface area contributed by atoms with E-state index in [-0.39, 0.29) is 11.7 Å². The molecule has 4 heteroatoms. The van der Waals surface area contributed by atoms with Crippen molar-refractivity contribution in [3.8, 4) is 0 Å². The van der Waals surface area contributed by atoms with E-state index in [9.17, 15) is 9.18 Å². The second-order valence-corrected chi connectivity index (χ2v) is 4.42. The van der Waals surface area contributed by atoms with Gasteiger partial charge in [-0.2, -0.15) is 0 Å². The van der Waals surface area contributed by atoms with Gasteiger partial charge < -0.3 is 10.2 Å². The Kier molecular flexibility index (Phi) is 2.58. The number of halogens is 1. The first-order chi connectivity index (χ1) is 7.53. The van der Waals surface area contributed by atoms with E-state index < -0.39 is 5.54 Å². The Hall–Kier alpha value is -1.58. The lowest BCUT2D eigenvalue weighted by atomic mass is 9.98. The molecule has 1 N–H and O–H groups in total. The van der Waals surface area contributed by atoms with Crippen LogP contribution < -0.4 is 10.2 Å². The number of para-hydroxylation sites is 1. The highest BCUT2D eigenvalue weighted by atomic mass is 19.1. The van der Waals surface area contributed by atoms with E-state index in [1.807, 2.05) is 0 Å². The molecule has 1 heterocycles. The largest absolute Gasteiger partial charge is 0.353 e. The first-order valence-corrected chi connectivity index (χ1v) is 5.34. The topological polar surface area (TPSA) is 32.3 Å². The van der Waals surface area contributed by atoms with Crippen LogP contribution in [0.3, 0.4) is 0 Å². The van der Waals surface area contributed by atoms with Gasteiger partial charge in [-0.25, -0.2) is 4.39 Å². The standard InChI is InChI=1S/C12H15FN2O/c1-12(2)11(16)14-7-8-15(12)10-6-4-3-5-9(10)13/h3-6H,7-8H2,1-2H3,(H,14,16). The van der Waals surface area contributed by atoms with Gasteiger partial charge in [0.2, 0.25) is 5.91 Å². The van der Waals surface area contributed by atoms with Crippen molar-refractivity contribution in [2.45, 2.75) is 19.4 Å². The average molecular weight is 222 g/mol. The molecule has 0 aliphatic carbocycles. The molecule has 1 fully saturated rings. The summed E-state index contributed by atoms with van der Waals surface area (Å²) in [6, 6.07) is 6.55. The first kappa shape index (κ1) is 10.9. The number of benzene rings is 1. The van der Waals surface area contributed by atoms with Crippen molar-refractivity contribution in [2.24, 2.45) is 0 Å². The Balaban J connectivity index is 2.40. The molecule has 16 heavy (non-hydrogen) atoms. The van der Waals surface area contributed by atoms with Crippen molar-refractivity contribution in [1.29, 1.82) is 0 Å². The van der Waals surface area contributed by atoms with Gasteiger partial charge in [0, 0.05) is 13.1 Å². The summed E-state index contributed by atoms with van der Waals surface area (Å²) in [5.41, 5.74) is -0.220. The van der Waals surface area contributed by atoms with Crippen LogP contribution in [0.1, 0.15) is 13.8 Å². The number of piperazine rings is 1. The number of carbonyl (C=O) groups excluding carboxylic acids is 1. The lowest BCUT2D eigenvalue weighted by molar-refractivity contribution is -0.126. The fraction of sp³-hybridized carbons (Fsp3) is 0.417. The van der Waals surface area contributed by atoms with Crippen molar-refractivity contribution in [3.05, 3.63) is 30.1 Å². The lowest BCUT2D eigenvalue weighted by Gasteiger charge is -2.42. The summed E-state index contributed by atoms with van der Waals surface area (Å²) < 4.78 is 13.7. The number of amides is 1. The molecule has 0 spiro atoms. The zero-order chi connectivity index (χ0) is 11.8. The zero-order valence-electron chi connectivity index (χ0n) is 9.46. The fourth-order valence-corrected chi connectivity index (χ4v) is 1.99. The predicted octanol–water partition coefficient (Wildman–Crippen LogP) is 1.54. The van der Waals surface area contributed by atoms with Gasteiger partial charge in [0.1, 0.15) is 11.4 Å². The number of hydrogen-bond donors (Lipinski definition) is 1. The van der Waals surface area contributed by atoms with Gasteiger partial charge in [-0.15, -0.1) is 0 Å². The molecule has 1 aliphatic heterocycles. The Bertz CT molecular complexity index is 417. The maximum absolute atomic E-state index is 13.7. The molecule has 0 bridgehead atoms. The molecular formula is C12H15FN2O. The third kappa shape index (κ3) is 1.64. The molecule has 0 saturated carbocycles. The number of carbonyl (C=O) groups is 1. The fourth-order valence-electron chi connectivity index (χ4n) is 1.99. The highest BCUT2D eigenvalue weighted by Gasteiger charge is 2.38. The van der Waals surface area contributed by atoms with Crippen LogP contribution in [0.2, 0.25) is 0 Å². The van der Waals surface area contributed by atoms with E-state index in [2.05, 4.69) is 5.32 Å². The van der Waals surface area contributed by atoms with Gasteiger partial charge >= 0.3 is 0 Å². The minimum Gasteiger partial charge on any atom is -0.353 e. The smallest absolute Gasteiger partial charge is 0.245 e. The summed E-state index contributed by atoms with van der Waals surface area (Å²) in [4.78, 5) is 13.5. The summed E-state index contributed by atoms with van der Waals surface area (Å²) in [5.74, 6) is -0.354. The maximum Gasteiger partial charge on any atom is 0.245 e. The summed E-state index contributed by atoms with van der Waals surface area (Å²) in [7, 11) is 0. The van der Waals surface area contributed by atoms with Crippen LogP contribution in [0.25, 0.3) is 0 Å². The molecule has 86 valence electrons.